The van der Waals surface area contributed by atoms with Crippen LogP contribution in [-0.2, 0) is 11.3 Å². The molecule has 0 radical (unpaired) electrons. The van der Waals surface area contributed by atoms with E-state index in [0.717, 1.165) is 27.2 Å². The summed E-state index contributed by atoms with van der Waals surface area (Å²) >= 11 is 9.43. The Kier molecular flexibility index (Phi) is 6.53. The molecular weight excluding hydrogens is 490 g/mol. The zero-order valence-electron chi connectivity index (χ0n) is 17.8. The van der Waals surface area contributed by atoms with Gasteiger partial charge in [-0.15, -0.1) is 11.6 Å². The number of fused-ring (bicyclic) bond motifs is 1. The number of alkyl halides is 1. The zero-order valence-corrected chi connectivity index (χ0v) is 20.2. The van der Waals surface area contributed by atoms with Crippen LogP contribution in [0.2, 0.25) is 0 Å². The summed E-state index contributed by atoms with van der Waals surface area (Å²) in [4.78, 5) is 17.1. The lowest BCUT2D eigenvalue weighted by Gasteiger charge is -2.19. The summed E-state index contributed by atoms with van der Waals surface area (Å²) in [6, 6.07) is 21.5. The molecule has 0 saturated carbocycles. The number of carbonyl (C=O) groups excluding carboxylic acids is 1. The Balaban J connectivity index is 1.65. The van der Waals surface area contributed by atoms with Gasteiger partial charge in [0.15, 0.2) is 0 Å². The summed E-state index contributed by atoms with van der Waals surface area (Å²) in [6.07, 6.45) is 1.99. The second-order valence-corrected chi connectivity index (χ2v) is 9.34. The van der Waals surface area contributed by atoms with E-state index in [4.69, 9.17) is 21.3 Å². The fourth-order valence-corrected chi connectivity index (χ4v) is 3.60. The second kappa shape index (κ2) is 9.35. The topological polar surface area (TPSA) is 55.6 Å². The highest BCUT2D eigenvalue weighted by atomic mass is 79.9. The highest BCUT2D eigenvalue weighted by molar-refractivity contribution is 9.10. The number of rotatable bonds is 7. The van der Waals surface area contributed by atoms with Crippen LogP contribution in [0, 0.1) is 5.41 Å². The molecule has 2 aromatic carbocycles. The summed E-state index contributed by atoms with van der Waals surface area (Å²) in [5.41, 5.74) is 2.99. The van der Waals surface area contributed by atoms with Crippen molar-refractivity contribution in [2.75, 3.05) is 11.2 Å². The van der Waals surface area contributed by atoms with Gasteiger partial charge in [0, 0.05) is 28.7 Å². The lowest BCUT2D eigenvalue weighted by Crippen LogP contribution is -2.30. The highest BCUT2D eigenvalue weighted by Crippen LogP contribution is 2.32. The van der Waals surface area contributed by atoms with Gasteiger partial charge in [0.25, 0.3) is 0 Å². The Bertz CT molecular complexity index is 1240. The molecule has 1 N–H and O–H groups in total. The Labute approximate surface area is 200 Å². The maximum atomic E-state index is 12.3. The lowest BCUT2D eigenvalue weighted by molar-refractivity contribution is -0.142. The molecule has 0 spiro atoms. The molecule has 0 fully saturated rings. The molecule has 4 rings (SSSR count). The first-order valence-corrected chi connectivity index (χ1v) is 11.5. The predicted octanol–water partition coefficient (Wildman–Crippen LogP) is 6.55. The monoisotopic (exact) mass is 511 g/mol. The minimum atomic E-state index is -0.746. The summed E-state index contributed by atoms with van der Waals surface area (Å²) in [5, 5.41) is 3.53. The largest absolute Gasteiger partial charge is 0.426 e. The molecule has 0 aliphatic carbocycles. The Hall–Kier alpha value is -2.83. The van der Waals surface area contributed by atoms with Crippen LogP contribution in [0.3, 0.4) is 0 Å². The van der Waals surface area contributed by atoms with Gasteiger partial charge < -0.3 is 10.1 Å². The maximum absolute atomic E-state index is 12.3. The van der Waals surface area contributed by atoms with Crippen LogP contribution in [0.15, 0.2) is 77.4 Å². The molecule has 0 aliphatic rings. The lowest BCUT2D eigenvalue weighted by atomic mass is 9.97. The Morgan fingerprint density at radius 3 is 2.50 bits per heavy atom. The van der Waals surface area contributed by atoms with Gasteiger partial charge in [-0.3, -0.25) is 9.20 Å². The first-order valence-electron chi connectivity index (χ1n) is 10.2. The van der Waals surface area contributed by atoms with Crippen LogP contribution < -0.4 is 10.1 Å². The van der Waals surface area contributed by atoms with Crippen LogP contribution >= 0.6 is 27.5 Å². The average molecular weight is 513 g/mol. The van der Waals surface area contributed by atoms with Crippen molar-refractivity contribution in [1.82, 2.24) is 9.38 Å². The van der Waals surface area contributed by atoms with Crippen LogP contribution in [-0.4, -0.2) is 21.2 Å². The normalized spacial score (nSPS) is 11.5. The van der Waals surface area contributed by atoms with Crippen molar-refractivity contribution in [3.63, 3.8) is 0 Å². The van der Waals surface area contributed by atoms with E-state index in [9.17, 15) is 4.79 Å². The van der Waals surface area contributed by atoms with Crippen LogP contribution in [0.4, 0.5) is 5.82 Å². The van der Waals surface area contributed by atoms with Gasteiger partial charge >= 0.3 is 5.97 Å². The number of hydrogen-bond acceptors (Lipinski definition) is 4. The fourth-order valence-electron chi connectivity index (χ4n) is 3.15. The molecule has 0 unspecified atom stereocenters. The average Bonchev–Trinajstić information content (AvgIpc) is 3.16. The van der Waals surface area contributed by atoms with E-state index in [1.807, 2.05) is 53.1 Å². The standard InChI is InChI=1S/C25H23BrClN3O2/c1-25(2,16-27)24(31)32-20-11-8-18(9-12-20)22-23(28-14-17-6-4-3-5-7-17)30-15-19(26)10-13-21(30)29-22/h3-13,15,28H,14,16H2,1-2H3. The molecule has 2 heterocycles. The molecule has 0 bridgehead atoms. The third kappa shape index (κ3) is 4.81. The number of pyridine rings is 1. The summed E-state index contributed by atoms with van der Waals surface area (Å²) < 4.78 is 8.49. The predicted molar refractivity (Wildman–Crippen MR) is 132 cm³/mol. The summed E-state index contributed by atoms with van der Waals surface area (Å²) in [6.45, 7) is 4.18. The van der Waals surface area contributed by atoms with Gasteiger partial charge in [-0.2, -0.15) is 0 Å². The minimum absolute atomic E-state index is 0.192. The van der Waals surface area contributed by atoms with Gasteiger partial charge in [-0.05, 0) is 71.7 Å². The number of esters is 1. The first-order chi connectivity index (χ1) is 15.4. The number of imidazole rings is 1. The van der Waals surface area contributed by atoms with Crippen LogP contribution in [0.5, 0.6) is 5.75 Å². The SMILES string of the molecule is CC(C)(CCl)C(=O)Oc1ccc(-c2nc3ccc(Br)cn3c2NCc2ccccc2)cc1. The van der Waals surface area contributed by atoms with Gasteiger partial charge in [0.05, 0.1) is 5.41 Å². The van der Waals surface area contributed by atoms with Crippen molar-refractivity contribution in [3.05, 3.63) is 83.0 Å². The number of halogens is 2. The molecule has 164 valence electrons. The van der Waals surface area contributed by atoms with E-state index >= 15 is 0 Å². The fraction of sp³-hybridized carbons (Fsp3) is 0.200. The zero-order chi connectivity index (χ0) is 22.7. The van der Waals surface area contributed by atoms with Crippen molar-refractivity contribution in [2.24, 2.45) is 5.41 Å². The number of hydrogen-bond donors (Lipinski definition) is 1. The third-order valence-corrected chi connectivity index (χ3v) is 6.25. The molecule has 4 aromatic rings. The minimum Gasteiger partial charge on any atom is -0.426 e. The Morgan fingerprint density at radius 2 is 1.81 bits per heavy atom. The number of aromatic nitrogens is 2. The molecule has 32 heavy (non-hydrogen) atoms. The second-order valence-electron chi connectivity index (χ2n) is 8.16. The van der Waals surface area contributed by atoms with Crippen molar-refractivity contribution in [2.45, 2.75) is 20.4 Å². The third-order valence-electron chi connectivity index (χ3n) is 5.11. The summed E-state index contributed by atoms with van der Waals surface area (Å²) in [5.74, 6) is 1.19. The number of benzene rings is 2. The van der Waals surface area contributed by atoms with E-state index in [2.05, 4.69) is 33.4 Å². The molecule has 0 atom stereocenters. The van der Waals surface area contributed by atoms with Crippen molar-refractivity contribution in [1.29, 1.82) is 0 Å². The summed E-state index contributed by atoms with van der Waals surface area (Å²) in [7, 11) is 0. The van der Waals surface area contributed by atoms with Gasteiger partial charge in [0.1, 0.15) is 22.9 Å². The van der Waals surface area contributed by atoms with Gasteiger partial charge in [-0.1, -0.05) is 30.3 Å². The molecule has 7 heteroatoms. The van der Waals surface area contributed by atoms with Crippen molar-refractivity contribution >= 4 is 45.0 Å². The molecule has 0 amide bonds. The maximum Gasteiger partial charge on any atom is 0.318 e. The molecule has 5 nitrogen and oxygen atoms in total. The smallest absolute Gasteiger partial charge is 0.318 e. The highest BCUT2D eigenvalue weighted by Gasteiger charge is 2.28. The molecule has 2 aromatic heterocycles. The van der Waals surface area contributed by atoms with Gasteiger partial charge in [0.2, 0.25) is 0 Å². The van der Waals surface area contributed by atoms with Crippen molar-refractivity contribution < 1.29 is 9.53 Å². The Morgan fingerprint density at radius 1 is 1.09 bits per heavy atom. The van der Waals surface area contributed by atoms with E-state index in [1.165, 1.54) is 5.56 Å². The number of ether oxygens (including phenoxy) is 1. The molecule has 0 aliphatic heterocycles. The van der Waals surface area contributed by atoms with E-state index in [0.29, 0.717) is 12.3 Å². The quantitative estimate of drug-likeness (QED) is 0.173. The van der Waals surface area contributed by atoms with Crippen LogP contribution in [0.25, 0.3) is 16.9 Å². The molecule has 0 saturated heterocycles. The van der Waals surface area contributed by atoms with Gasteiger partial charge in [-0.25, -0.2) is 4.98 Å². The first kappa shape index (κ1) is 22.4. The molecular formula is C25H23BrClN3O2. The number of anilines is 1. The van der Waals surface area contributed by atoms with Crippen LogP contribution in [0.1, 0.15) is 19.4 Å². The van der Waals surface area contributed by atoms with E-state index in [-0.39, 0.29) is 11.8 Å². The van der Waals surface area contributed by atoms with E-state index in [1.54, 1.807) is 26.0 Å². The number of nitrogens with zero attached hydrogens (tertiary/aromatic N) is 2. The van der Waals surface area contributed by atoms with Crippen molar-refractivity contribution in [3.8, 4) is 17.0 Å². The van der Waals surface area contributed by atoms with E-state index < -0.39 is 5.41 Å². The number of nitrogens with one attached hydrogen (secondary N) is 1. The number of carbonyl (C=O) groups is 1.